The van der Waals surface area contributed by atoms with Gasteiger partial charge in [-0.05, 0) is 17.7 Å². The van der Waals surface area contributed by atoms with Crippen molar-refractivity contribution in [2.75, 3.05) is 7.11 Å². The van der Waals surface area contributed by atoms with Gasteiger partial charge in [0, 0.05) is 23.6 Å². The number of benzene rings is 2. The molecular weight excluding hydrogens is 328 g/mol. The molecule has 0 amide bonds. The molecule has 0 aromatic heterocycles. The van der Waals surface area contributed by atoms with Crippen molar-refractivity contribution >= 4 is 5.97 Å². The summed E-state index contributed by atoms with van der Waals surface area (Å²) in [6.07, 6.45) is -2.16. The van der Waals surface area contributed by atoms with Crippen molar-refractivity contribution in [3.8, 4) is 23.0 Å². The molecule has 25 heavy (non-hydrogen) atoms. The van der Waals surface area contributed by atoms with Crippen molar-refractivity contribution in [1.82, 2.24) is 0 Å². The minimum atomic E-state index is -1.15. The molecule has 1 aliphatic rings. The van der Waals surface area contributed by atoms with E-state index in [1.54, 1.807) is 12.1 Å². The maximum Gasteiger partial charge on any atom is 0.306 e. The Labute approximate surface area is 143 Å². The molecule has 0 unspecified atom stereocenters. The Morgan fingerprint density at radius 2 is 1.80 bits per heavy atom. The van der Waals surface area contributed by atoms with Crippen molar-refractivity contribution in [3.05, 3.63) is 47.5 Å². The van der Waals surface area contributed by atoms with Crippen LogP contribution in [0.2, 0.25) is 0 Å². The molecule has 132 valence electrons. The van der Waals surface area contributed by atoms with Crippen LogP contribution in [0.3, 0.4) is 0 Å². The smallest absolute Gasteiger partial charge is 0.306 e. The molecule has 0 saturated carbocycles. The third kappa shape index (κ3) is 3.18. The summed E-state index contributed by atoms with van der Waals surface area (Å²) >= 11 is 0. The standard InChI is InChI=1S/C18H18O7/c1-24-15(22)8-12-16-13(21)6-11(20)7-14(16)25-18(17(12)23)9-2-4-10(19)5-3-9/h2-7,12,17-21,23H,8H2,1H3/t12-,17+,18+/m0/s1. The van der Waals surface area contributed by atoms with E-state index in [9.17, 15) is 25.2 Å². The third-order valence-corrected chi connectivity index (χ3v) is 4.29. The van der Waals surface area contributed by atoms with E-state index in [-0.39, 0.29) is 35.0 Å². The topological polar surface area (TPSA) is 116 Å². The van der Waals surface area contributed by atoms with Crippen molar-refractivity contribution < 1.29 is 34.7 Å². The second-order valence-electron chi connectivity index (χ2n) is 5.88. The van der Waals surface area contributed by atoms with Gasteiger partial charge in [-0.2, -0.15) is 0 Å². The molecule has 2 aromatic carbocycles. The lowest BCUT2D eigenvalue weighted by molar-refractivity contribution is -0.142. The Kier molecular flexibility index (Phi) is 4.41. The molecule has 0 saturated heterocycles. The van der Waals surface area contributed by atoms with E-state index in [2.05, 4.69) is 4.74 Å². The minimum Gasteiger partial charge on any atom is -0.508 e. The number of ether oxygens (including phenoxy) is 2. The second kappa shape index (κ2) is 6.52. The lowest BCUT2D eigenvalue weighted by atomic mass is 9.82. The molecule has 1 heterocycles. The number of phenolic OH excluding ortho intramolecular Hbond substituents is 3. The predicted octanol–water partition coefficient (Wildman–Crippen LogP) is 1.94. The summed E-state index contributed by atoms with van der Waals surface area (Å²) in [4.78, 5) is 11.8. The number of methoxy groups -OCH3 is 1. The van der Waals surface area contributed by atoms with Gasteiger partial charge in [0.25, 0.3) is 0 Å². The molecule has 7 nitrogen and oxygen atoms in total. The molecule has 2 aromatic rings. The van der Waals surface area contributed by atoms with Gasteiger partial charge in [-0.25, -0.2) is 0 Å². The first kappa shape index (κ1) is 16.9. The Bertz CT molecular complexity index is 785. The van der Waals surface area contributed by atoms with Crippen molar-refractivity contribution in [3.63, 3.8) is 0 Å². The number of carbonyl (C=O) groups excluding carboxylic acids is 1. The Hall–Kier alpha value is -2.93. The van der Waals surface area contributed by atoms with Crippen molar-refractivity contribution in [1.29, 1.82) is 0 Å². The number of aliphatic hydroxyl groups excluding tert-OH is 1. The monoisotopic (exact) mass is 346 g/mol. The van der Waals surface area contributed by atoms with Gasteiger partial charge in [-0.15, -0.1) is 0 Å². The van der Waals surface area contributed by atoms with Crippen LogP contribution >= 0.6 is 0 Å². The first-order valence-electron chi connectivity index (χ1n) is 7.67. The summed E-state index contributed by atoms with van der Waals surface area (Å²) in [7, 11) is 1.24. The Morgan fingerprint density at radius 3 is 2.44 bits per heavy atom. The molecule has 0 fully saturated rings. The third-order valence-electron chi connectivity index (χ3n) is 4.29. The second-order valence-corrected chi connectivity index (χ2v) is 5.88. The van der Waals surface area contributed by atoms with Crippen LogP contribution in [0.25, 0.3) is 0 Å². The summed E-state index contributed by atoms with van der Waals surface area (Å²) in [5.41, 5.74) is 0.819. The van der Waals surface area contributed by atoms with E-state index in [1.165, 1.54) is 25.3 Å². The summed E-state index contributed by atoms with van der Waals surface area (Å²) < 4.78 is 10.5. The molecule has 0 bridgehead atoms. The van der Waals surface area contributed by atoms with E-state index >= 15 is 0 Å². The summed E-state index contributed by atoms with van der Waals surface area (Å²) in [6, 6.07) is 8.53. The van der Waals surface area contributed by atoms with Gasteiger partial charge in [-0.3, -0.25) is 4.79 Å². The fraction of sp³-hybridized carbons (Fsp3) is 0.278. The number of aromatic hydroxyl groups is 3. The van der Waals surface area contributed by atoms with E-state index in [0.29, 0.717) is 5.56 Å². The highest BCUT2D eigenvalue weighted by Crippen LogP contribution is 2.49. The fourth-order valence-corrected chi connectivity index (χ4v) is 3.07. The number of hydrogen-bond donors (Lipinski definition) is 4. The molecule has 0 aliphatic carbocycles. The zero-order valence-corrected chi connectivity index (χ0v) is 13.4. The van der Waals surface area contributed by atoms with Gasteiger partial charge in [0.1, 0.15) is 29.1 Å². The van der Waals surface area contributed by atoms with Crippen LogP contribution in [0.15, 0.2) is 36.4 Å². The van der Waals surface area contributed by atoms with Gasteiger partial charge >= 0.3 is 5.97 Å². The van der Waals surface area contributed by atoms with Gasteiger partial charge in [0.05, 0.1) is 13.5 Å². The van der Waals surface area contributed by atoms with Crippen LogP contribution in [0.1, 0.15) is 29.6 Å². The van der Waals surface area contributed by atoms with Gasteiger partial charge in [0.15, 0.2) is 6.10 Å². The first-order valence-corrected chi connectivity index (χ1v) is 7.67. The molecule has 3 rings (SSSR count). The molecule has 3 atom stereocenters. The number of rotatable bonds is 3. The average Bonchev–Trinajstić information content (AvgIpc) is 2.57. The number of carbonyl (C=O) groups is 1. The predicted molar refractivity (Wildman–Crippen MR) is 86.6 cm³/mol. The SMILES string of the molecule is COC(=O)C[C@H]1c2c(O)cc(O)cc2O[C@H](c2ccc(O)cc2)[C@@H]1O. The molecule has 0 radical (unpaired) electrons. The first-order chi connectivity index (χ1) is 11.9. The van der Waals surface area contributed by atoms with Crippen LogP contribution in [-0.2, 0) is 9.53 Å². The van der Waals surface area contributed by atoms with E-state index in [4.69, 9.17) is 4.74 Å². The van der Waals surface area contributed by atoms with Crippen LogP contribution in [0.5, 0.6) is 23.0 Å². The largest absolute Gasteiger partial charge is 0.508 e. The highest BCUT2D eigenvalue weighted by atomic mass is 16.5. The molecule has 1 aliphatic heterocycles. The maximum atomic E-state index is 11.8. The number of esters is 1. The van der Waals surface area contributed by atoms with Crippen molar-refractivity contribution in [2.45, 2.75) is 24.5 Å². The van der Waals surface area contributed by atoms with E-state index < -0.39 is 24.1 Å². The molecular formula is C18H18O7. The molecule has 7 heteroatoms. The van der Waals surface area contributed by atoms with Gasteiger partial charge in [-0.1, -0.05) is 12.1 Å². The highest BCUT2D eigenvalue weighted by Gasteiger charge is 2.41. The van der Waals surface area contributed by atoms with Gasteiger partial charge < -0.3 is 29.9 Å². The highest BCUT2D eigenvalue weighted by molar-refractivity contribution is 5.71. The Balaban J connectivity index is 2.07. The normalized spacial score (nSPS) is 21.9. The minimum absolute atomic E-state index is 0.0656. The number of hydrogen-bond acceptors (Lipinski definition) is 7. The molecule has 4 N–H and O–H groups in total. The van der Waals surface area contributed by atoms with Crippen LogP contribution in [-0.4, -0.2) is 39.6 Å². The lowest BCUT2D eigenvalue weighted by Gasteiger charge is -2.37. The van der Waals surface area contributed by atoms with E-state index in [0.717, 1.165) is 6.07 Å². The Morgan fingerprint density at radius 1 is 1.12 bits per heavy atom. The zero-order valence-electron chi connectivity index (χ0n) is 13.4. The van der Waals surface area contributed by atoms with E-state index in [1.807, 2.05) is 0 Å². The van der Waals surface area contributed by atoms with Crippen LogP contribution < -0.4 is 4.74 Å². The number of phenols is 3. The quantitative estimate of drug-likeness (QED) is 0.628. The maximum absolute atomic E-state index is 11.8. The zero-order chi connectivity index (χ0) is 18.1. The molecule has 0 spiro atoms. The van der Waals surface area contributed by atoms with Gasteiger partial charge in [0.2, 0.25) is 0 Å². The van der Waals surface area contributed by atoms with Crippen molar-refractivity contribution in [2.24, 2.45) is 0 Å². The lowest BCUT2D eigenvalue weighted by Crippen LogP contribution is -2.35. The van der Waals surface area contributed by atoms with Crippen LogP contribution in [0, 0.1) is 0 Å². The number of aliphatic hydroxyl groups is 1. The van der Waals surface area contributed by atoms with Crippen LogP contribution in [0.4, 0.5) is 0 Å². The summed E-state index contributed by atoms with van der Waals surface area (Å²) in [5, 5.41) is 40.1. The summed E-state index contributed by atoms with van der Waals surface area (Å²) in [6.45, 7) is 0. The fourth-order valence-electron chi connectivity index (χ4n) is 3.07. The number of fused-ring (bicyclic) bond motifs is 1. The average molecular weight is 346 g/mol. The summed E-state index contributed by atoms with van der Waals surface area (Å²) in [5.74, 6) is -1.56.